The smallest absolute Gasteiger partial charge is 0.258 e. The van der Waals surface area contributed by atoms with Crippen molar-refractivity contribution in [3.05, 3.63) is 68.8 Å². The molecule has 0 spiro atoms. The highest BCUT2D eigenvalue weighted by Gasteiger charge is 2.10. The quantitative estimate of drug-likeness (QED) is 0.364. The Labute approximate surface area is 134 Å². The second kappa shape index (κ2) is 9.11. The number of nitro benzene ring substituents is 2. The van der Waals surface area contributed by atoms with Crippen molar-refractivity contribution in [2.75, 3.05) is 0 Å². The molecular formula is C14H8N4O6. The Kier molecular flexibility index (Phi) is 6.85. The molecule has 2 aromatic rings. The molecule has 2 aromatic carbocycles. The minimum absolute atomic E-state index is 0.0255. The molecule has 2 rings (SSSR count). The number of nitrogens with zero attached hydrogens (tertiary/aromatic N) is 4. The Hall–Kier alpha value is -4.00. The second-order valence-corrected chi connectivity index (χ2v) is 3.93. The molecule has 0 unspecified atom stereocenters. The highest BCUT2D eigenvalue weighted by Crippen LogP contribution is 2.25. The van der Waals surface area contributed by atoms with Gasteiger partial charge in [-0.25, -0.2) is 9.59 Å². The molecule has 0 saturated carbocycles. The van der Waals surface area contributed by atoms with Crippen molar-refractivity contribution in [1.29, 1.82) is 0 Å². The van der Waals surface area contributed by atoms with Crippen LogP contribution in [0.3, 0.4) is 0 Å². The number of isocyanates is 2. The van der Waals surface area contributed by atoms with E-state index >= 15 is 0 Å². The van der Waals surface area contributed by atoms with Crippen molar-refractivity contribution in [2.24, 2.45) is 9.98 Å². The van der Waals surface area contributed by atoms with Crippen LogP contribution in [0.25, 0.3) is 0 Å². The zero-order valence-electron chi connectivity index (χ0n) is 11.9. The molecule has 0 aliphatic heterocycles. The summed E-state index contributed by atoms with van der Waals surface area (Å²) in [5.74, 6) is 0. The lowest BCUT2D eigenvalue weighted by Crippen LogP contribution is -1.86. The number of nitro groups is 2. The van der Waals surface area contributed by atoms with Gasteiger partial charge in [0.2, 0.25) is 12.2 Å². The van der Waals surface area contributed by atoms with Gasteiger partial charge < -0.3 is 0 Å². The van der Waals surface area contributed by atoms with Crippen LogP contribution in [-0.4, -0.2) is 22.0 Å². The molecule has 10 nitrogen and oxygen atoms in total. The van der Waals surface area contributed by atoms with Gasteiger partial charge in [-0.3, -0.25) is 20.2 Å². The monoisotopic (exact) mass is 328 g/mol. The van der Waals surface area contributed by atoms with Crippen LogP contribution in [0.2, 0.25) is 0 Å². The van der Waals surface area contributed by atoms with E-state index in [1.807, 2.05) is 0 Å². The number of hydrogen-bond acceptors (Lipinski definition) is 8. The minimum atomic E-state index is -0.601. The van der Waals surface area contributed by atoms with Gasteiger partial charge in [-0.05, 0) is 12.1 Å². The van der Waals surface area contributed by atoms with E-state index in [2.05, 4.69) is 9.98 Å². The van der Waals surface area contributed by atoms with Crippen molar-refractivity contribution in [3.63, 3.8) is 0 Å². The number of para-hydroxylation sites is 2. The molecule has 0 amide bonds. The van der Waals surface area contributed by atoms with Gasteiger partial charge in [0.15, 0.2) is 5.69 Å². The molecule has 0 aromatic heterocycles. The maximum absolute atomic E-state index is 10.3. The van der Waals surface area contributed by atoms with E-state index in [1.54, 1.807) is 6.07 Å². The number of benzene rings is 2. The average molecular weight is 328 g/mol. The molecule has 0 radical (unpaired) electrons. The first-order chi connectivity index (χ1) is 11.5. The SMILES string of the molecule is O=C=Nc1cccc([N+](=O)[O-])c1.O=C=Nc1ccccc1[N+](=O)[O-]. The van der Waals surface area contributed by atoms with Gasteiger partial charge in [0.25, 0.3) is 11.4 Å². The maximum Gasteiger partial charge on any atom is 0.295 e. The summed E-state index contributed by atoms with van der Waals surface area (Å²) in [6.07, 6.45) is 2.55. The number of aliphatic imine (C=N–C) groups is 2. The highest BCUT2D eigenvalue weighted by atomic mass is 16.6. The molecule has 0 aliphatic rings. The molecule has 0 N–H and O–H groups in total. The number of hydrogen-bond donors (Lipinski definition) is 0. The fraction of sp³-hybridized carbons (Fsp3) is 0. The molecule has 10 heteroatoms. The number of non-ortho nitro benzene ring substituents is 1. The molecule has 0 heterocycles. The minimum Gasteiger partial charge on any atom is -0.258 e. The first-order valence-electron chi connectivity index (χ1n) is 6.13. The first kappa shape index (κ1) is 18.1. The maximum atomic E-state index is 10.3. The van der Waals surface area contributed by atoms with E-state index in [-0.39, 0.29) is 22.7 Å². The van der Waals surface area contributed by atoms with Gasteiger partial charge in [0.05, 0.1) is 15.5 Å². The summed E-state index contributed by atoms with van der Waals surface area (Å²) in [4.78, 5) is 45.4. The Morgan fingerprint density at radius 1 is 0.833 bits per heavy atom. The normalized spacial score (nSPS) is 8.67. The van der Waals surface area contributed by atoms with Crippen LogP contribution in [0, 0.1) is 20.2 Å². The Bertz CT molecular complexity index is 816. The molecule has 0 atom stereocenters. The molecule has 0 bridgehead atoms. The van der Waals surface area contributed by atoms with Crippen molar-refractivity contribution < 1.29 is 19.4 Å². The molecule has 0 saturated heterocycles. The molecule has 120 valence electrons. The largest absolute Gasteiger partial charge is 0.295 e. The fourth-order valence-electron chi connectivity index (χ4n) is 1.49. The lowest BCUT2D eigenvalue weighted by atomic mass is 10.3. The lowest BCUT2D eigenvalue weighted by Gasteiger charge is -1.92. The van der Waals surface area contributed by atoms with Gasteiger partial charge in [-0.1, -0.05) is 18.2 Å². The third kappa shape index (κ3) is 5.41. The summed E-state index contributed by atoms with van der Waals surface area (Å²) in [6.45, 7) is 0. The molecule has 24 heavy (non-hydrogen) atoms. The van der Waals surface area contributed by atoms with Gasteiger partial charge in [0.1, 0.15) is 0 Å². The Morgan fingerprint density at radius 3 is 2.08 bits per heavy atom. The van der Waals surface area contributed by atoms with Gasteiger partial charge in [-0.15, -0.1) is 0 Å². The summed E-state index contributed by atoms with van der Waals surface area (Å²) in [5, 5.41) is 20.5. The average Bonchev–Trinajstić information content (AvgIpc) is 2.56. The van der Waals surface area contributed by atoms with E-state index in [4.69, 9.17) is 0 Å². The van der Waals surface area contributed by atoms with Crippen LogP contribution >= 0.6 is 0 Å². The molecular weight excluding hydrogens is 320 g/mol. The van der Waals surface area contributed by atoms with Gasteiger partial charge in [-0.2, -0.15) is 9.98 Å². The summed E-state index contributed by atoms with van der Waals surface area (Å²) in [7, 11) is 0. The lowest BCUT2D eigenvalue weighted by molar-refractivity contribution is -0.384. The van der Waals surface area contributed by atoms with E-state index < -0.39 is 9.85 Å². The Balaban J connectivity index is 0.000000240. The van der Waals surface area contributed by atoms with Crippen molar-refractivity contribution in [3.8, 4) is 0 Å². The van der Waals surface area contributed by atoms with Crippen LogP contribution in [0.4, 0.5) is 22.7 Å². The van der Waals surface area contributed by atoms with Gasteiger partial charge in [0, 0.05) is 18.2 Å². The summed E-state index contributed by atoms with van der Waals surface area (Å²) in [5.41, 5.74) is -0.0240. The van der Waals surface area contributed by atoms with E-state index in [0.717, 1.165) is 0 Å². The second-order valence-electron chi connectivity index (χ2n) is 3.93. The highest BCUT2D eigenvalue weighted by molar-refractivity contribution is 5.61. The van der Waals surface area contributed by atoms with Crippen LogP contribution in [0.5, 0.6) is 0 Å². The molecule has 0 aliphatic carbocycles. The fourth-order valence-corrected chi connectivity index (χ4v) is 1.49. The summed E-state index contributed by atoms with van der Waals surface area (Å²) in [6, 6.07) is 11.2. The van der Waals surface area contributed by atoms with E-state index in [0.29, 0.717) is 0 Å². The Morgan fingerprint density at radius 2 is 1.50 bits per heavy atom. The zero-order chi connectivity index (χ0) is 17.9. The van der Waals surface area contributed by atoms with Crippen molar-refractivity contribution >= 4 is 34.9 Å². The molecule has 0 fully saturated rings. The zero-order valence-corrected chi connectivity index (χ0v) is 11.9. The van der Waals surface area contributed by atoms with Crippen LogP contribution < -0.4 is 0 Å². The number of carbonyl (C=O) groups excluding carboxylic acids is 2. The van der Waals surface area contributed by atoms with E-state index in [1.165, 1.54) is 54.6 Å². The predicted octanol–water partition coefficient (Wildman–Crippen LogP) is 3.12. The topological polar surface area (TPSA) is 145 Å². The standard InChI is InChI=1S/2C7H4N2O3/c10-5-8-6-2-1-3-7(4-6)9(11)12;10-5-8-6-3-1-2-4-7(6)9(11)12/h2*1-4H. The van der Waals surface area contributed by atoms with E-state index in [9.17, 15) is 29.8 Å². The predicted molar refractivity (Wildman–Crippen MR) is 81.8 cm³/mol. The summed E-state index contributed by atoms with van der Waals surface area (Å²) < 4.78 is 0. The third-order valence-corrected chi connectivity index (χ3v) is 2.46. The van der Waals surface area contributed by atoms with Crippen molar-refractivity contribution in [2.45, 2.75) is 0 Å². The first-order valence-corrected chi connectivity index (χ1v) is 6.13. The third-order valence-electron chi connectivity index (χ3n) is 2.46. The van der Waals surface area contributed by atoms with Crippen LogP contribution in [0.1, 0.15) is 0 Å². The van der Waals surface area contributed by atoms with Crippen LogP contribution in [-0.2, 0) is 9.59 Å². The van der Waals surface area contributed by atoms with Crippen LogP contribution in [0.15, 0.2) is 58.5 Å². The summed E-state index contributed by atoms with van der Waals surface area (Å²) >= 11 is 0. The van der Waals surface area contributed by atoms with Crippen molar-refractivity contribution in [1.82, 2.24) is 0 Å². The number of rotatable bonds is 4. The van der Waals surface area contributed by atoms with Gasteiger partial charge >= 0.3 is 0 Å².